The van der Waals surface area contributed by atoms with Crippen LogP contribution in [-0.4, -0.2) is 0 Å². The third-order valence-electron chi connectivity index (χ3n) is 5.38. The van der Waals surface area contributed by atoms with E-state index in [1.807, 2.05) is 0 Å². The second kappa shape index (κ2) is 17.4. The van der Waals surface area contributed by atoms with E-state index in [9.17, 15) is 0 Å². The largest absolute Gasteiger partial charge is 0.0654 e. The van der Waals surface area contributed by atoms with Gasteiger partial charge in [0.05, 0.1) is 0 Å². The summed E-state index contributed by atoms with van der Waals surface area (Å²) < 4.78 is 0. The van der Waals surface area contributed by atoms with Crippen molar-refractivity contribution in [3.05, 3.63) is 0 Å². The molecule has 0 aliphatic heterocycles. The summed E-state index contributed by atoms with van der Waals surface area (Å²) in [4.78, 5) is 0. The number of hydrogen-bond acceptors (Lipinski definition) is 0. The molecule has 0 aliphatic carbocycles. The van der Waals surface area contributed by atoms with Crippen LogP contribution in [-0.2, 0) is 0 Å². The molecule has 0 heterocycles. The van der Waals surface area contributed by atoms with Crippen molar-refractivity contribution in [3.8, 4) is 0 Å². The highest BCUT2D eigenvalue weighted by atomic mass is 14.3. The molecule has 0 aromatic heterocycles. The van der Waals surface area contributed by atoms with Gasteiger partial charge in [-0.05, 0) is 11.8 Å². The lowest BCUT2D eigenvalue weighted by Gasteiger charge is -2.27. The summed E-state index contributed by atoms with van der Waals surface area (Å²) in [5, 5.41) is 0. The fraction of sp³-hybridized carbons (Fsp3) is 1.00. The standard InChI is InChI=1S/C22H46/c1-5-9-13-14-15-16-20-22(19-12-8-4)21(17-10-6-2)18-11-7-3/h21-22H,5-20H2,1-4H3. The molecular weight excluding hydrogens is 264 g/mol. The summed E-state index contributed by atoms with van der Waals surface area (Å²) in [5.74, 6) is 2.06. The van der Waals surface area contributed by atoms with Crippen LogP contribution in [0.3, 0.4) is 0 Å². The van der Waals surface area contributed by atoms with E-state index in [-0.39, 0.29) is 0 Å². The second-order valence-corrected chi connectivity index (χ2v) is 7.50. The Bertz CT molecular complexity index is 188. The van der Waals surface area contributed by atoms with Gasteiger partial charge in [-0.3, -0.25) is 0 Å². The van der Waals surface area contributed by atoms with Crippen LogP contribution in [0.4, 0.5) is 0 Å². The molecule has 0 radical (unpaired) electrons. The molecule has 0 rings (SSSR count). The molecule has 134 valence electrons. The SMILES string of the molecule is CCCCCCCCC(CCCC)C(CCCC)CCCC. The lowest BCUT2D eigenvalue weighted by Crippen LogP contribution is -2.15. The van der Waals surface area contributed by atoms with Gasteiger partial charge in [-0.25, -0.2) is 0 Å². The molecular formula is C22H46. The van der Waals surface area contributed by atoms with Gasteiger partial charge in [0, 0.05) is 0 Å². The third-order valence-corrected chi connectivity index (χ3v) is 5.38. The minimum atomic E-state index is 1.03. The van der Waals surface area contributed by atoms with Crippen molar-refractivity contribution in [3.63, 3.8) is 0 Å². The van der Waals surface area contributed by atoms with Gasteiger partial charge in [-0.15, -0.1) is 0 Å². The van der Waals surface area contributed by atoms with Crippen LogP contribution in [0.5, 0.6) is 0 Å². The van der Waals surface area contributed by atoms with Gasteiger partial charge in [-0.1, -0.05) is 130 Å². The molecule has 0 fully saturated rings. The zero-order valence-electron chi connectivity index (χ0n) is 16.5. The molecule has 0 amide bonds. The maximum absolute atomic E-state index is 2.36. The normalized spacial score (nSPS) is 13.0. The van der Waals surface area contributed by atoms with E-state index in [2.05, 4.69) is 27.7 Å². The van der Waals surface area contributed by atoms with Gasteiger partial charge < -0.3 is 0 Å². The third kappa shape index (κ3) is 12.5. The topological polar surface area (TPSA) is 0 Å². The van der Waals surface area contributed by atoms with E-state index < -0.39 is 0 Å². The Hall–Kier alpha value is 0. The Morgan fingerprint density at radius 1 is 0.364 bits per heavy atom. The molecule has 0 saturated carbocycles. The summed E-state index contributed by atoms with van der Waals surface area (Å²) in [6.45, 7) is 9.37. The number of unbranched alkanes of at least 4 members (excludes halogenated alkanes) is 8. The second-order valence-electron chi connectivity index (χ2n) is 7.50. The van der Waals surface area contributed by atoms with Gasteiger partial charge in [0.1, 0.15) is 0 Å². The maximum atomic E-state index is 2.36. The molecule has 0 nitrogen and oxygen atoms in total. The van der Waals surface area contributed by atoms with E-state index in [4.69, 9.17) is 0 Å². The van der Waals surface area contributed by atoms with Crippen molar-refractivity contribution >= 4 is 0 Å². The van der Waals surface area contributed by atoms with Crippen LogP contribution in [0, 0.1) is 11.8 Å². The highest BCUT2D eigenvalue weighted by Crippen LogP contribution is 2.32. The molecule has 0 aromatic rings. The molecule has 1 atom stereocenters. The van der Waals surface area contributed by atoms with Gasteiger partial charge in [-0.2, -0.15) is 0 Å². The minimum Gasteiger partial charge on any atom is -0.0654 e. The predicted octanol–water partition coefficient (Wildman–Crippen LogP) is 8.54. The van der Waals surface area contributed by atoms with Crippen LogP contribution in [0.2, 0.25) is 0 Å². The first kappa shape index (κ1) is 22.0. The Balaban J connectivity index is 4.20. The Morgan fingerprint density at radius 3 is 1.09 bits per heavy atom. The fourth-order valence-corrected chi connectivity index (χ4v) is 3.82. The van der Waals surface area contributed by atoms with Crippen LogP contribution in [0.25, 0.3) is 0 Å². The Labute approximate surface area is 142 Å². The summed E-state index contributed by atoms with van der Waals surface area (Å²) in [7, 11) is 0. The first-order chi connectivity index (χ1) is 10.8. The van der Waals surface area contributed by atoms with E-state index in [1.165, 1.54) is 103 Å². The molecule has 0 saturated heterocycles. The number of hydrogen-bond donors (Lipinski definition) is 0. The zero-order chi connectivity index (χ0) is 16.5. The average molecular weight is 311 g/mol. The average Bonchev–Trinajstić information content (AvgIpc) is 2.54. The summed E-state index contributed by atoms with van der Waals surface area (Å²) in [5.41, 5.74) is 0. The van der Waals surface area contributed by atoms with Crippen molar-refractivity contribution in [1.82, 2.24) is 0 Å². The van der Waals surface area contributed by atoms with Crippen molar-refractivity contribution in [1.29, 1.82) is 0 Å². The highest BCUT2D eigenvalue weighted by Gasteiger charge is 2.19. The Morgan fingerprint density at radius 2 is 0.682 bits per heavy atom. The molecule has 0 aromatic carbocycles. The first-order valence-electron chi connectivity index (χ1n) is 10.8. The Kier molecular flexibility index (Phi) is 17.4. The monoisotopic (exact) mass is 310 g/mol. The van der Waals surface area contributed by atoms with Crippen LogP contribution in [0.15, 0.2) is 0 Å². The van der Waals surface area contributed by atoms with Crippen LogP contribution < -0.4 is 0 Å². The molecule has 0 spiro atoms. The summed E-state index contributed by atoms with van der Waals surface area (Å²) >= 11 is 0. The molecule has 22 heavy (non-hydrogen) atoms. The fourth-order valence-electron chi connectivity index (χ4n) is 3.82. The van der Waals surface area contributed by atoms with E-state index in [0.717, 1.165) is 11.8 Å². The van der Waals surface area contributed by atoms with Crippen molar-refractivity contribution < 1.29 is 0 Å². The quantitative estimate of drug-likeness (QED) is 0.236. The van der Waals surface area contributed by atoms with E-state index in [0.29, 0.717) is 0 Å². The molecule has 0 heteroatoms. The highest BCUT2D eigenvalue weighted by molar-refractivity contribution is 4.71. The minimum absolute atomic E-state index is 1.03. The summed E-state index contributed by atoms with van der Waals surface area (Å²) in [6.07, 6.45) is 23.2. The molecule has 0 aliphatic rings. The van der Waals surface area contributed by atoms with E-state index in [1.54, 1.807) is 0 Å². The molecule has 1 unspecified atom stereocenters. The lowest BCUT2D eigenvalue weighted by molar-refractivity contribution is 0.241. The van der Waals surface area contributed by atoms with Crippen LogP contribution in [0.1, 0.15) is 130 Å². The van der Waals surface area contributed by atoms with Gasteiger partial charge in [0.15, 0.2) is 0 Å². The van der Waals surface area contributed by atoms with Gasteiger partial charge in [0.25, 0.3) is 0 Å². The zero-order valence-corrected chi connectivity index (χ0v) is 16.5. The smallest absolute Gasteiger partial charge is 0.0386 e. The number of rotatable bonds is 17. The van der Waals surface area contributed by atoms with E-state index >= 15 is 0 Å². The summed E-state index contributed by atoms with van der Waals surface area (Å²) in [6, 6.07) is 0. The predicted molar refractivity (Wildman–Crippen MR) is 104 cm³/mol. The van der Waals surface area contributed by atoms with Crippen molar-refractivity contribution in [2.75, 3.05) is 0 Å². The van der Waals surface area contributed by atoms with Crippen molar-refractivity contribution in [2.45, 2.75) is 130 Å². The maximum Gasteiger partial charge on any atom is -0.0386 e. The first-order valence-corrected chi connectivity index (χ1v) is 10.8. The van der Waals surface area contributed by atoms with Crippen LogP contribution >= 0.6 is 0 Å². The van der Waals surface area contributed by atoms with Gasteiger partial charge >= 0.3 is 0 Å². The molecule has 0 N–H and O–H groups in total. The molecule has 0 bridgehead atoms. The van der Waals surface area contributed by atoms with Crippen molar-refractivity contribution in [2.24, 2.45) is 11.8 Å². The van der Waals surface area contributed by atoms with Gasteiger partial charge in [0.2, 0.25) is 0 Å². The lowest BCUT2D eigenvalue weighted by atomic mass is 9.78.